The van der Waals surface area contributed by atoms with Crippen molar-refractivity contribution in [1.82, 2.24) is 9.55 Å². The highest BCUT2D eigenvalue weighted by molar-refractivity contribution is 5.77. The van der Waals surface area contributed by atoms with Crippen molar-refractivity contribution in [2.45, 2.75) is 32.4 Å². The number of hydrogen-bond acceptors (Lipinski definition) is 4. The van der Waals surface area contributed by atoms with E-state index in [1.165, 1.54) is 29.1 Å². The number of ether oxygens (including phenoxy) is 1. The fourth-order valence-corrected chi connectivity index (χ4v) is 2.82. The molecule has 0 unspecified atom stereocenters. The van der Waals surface area contributed by atoms with Gasteiger partial charge in [-0.05, 0) is 29.7 Å². The number of aromatic nitrogens is 2. The van der Waals surface area contributed by atoms with Gasteiger partial charge in [-0.3, -0.25) is 9.36 Å². The molecule has 6 heteroatoms. The van der Waals surface area contributed by atoms with E-state index in [1.54, 1.807) is 0 Å². The Bertz CT molecular complexity index is 969. The predicted molar refractivity (Wildman–Crippen MR) is 98.0 cm³/mol. The summed E-state index contributed by atoms with van der Waals surface area (Å²) < 4.78 is 20.3. The van der Waals surface area contributed by atoms with Crippen molar-refractivity contribution in [3.8, 4) is 5.75 Å². The fraction of sp³-hybridized carbons (Fsp3) is 0.300. The molecular weight excluding hydrogens is 335 g/mol. The Hall–Kier alpha value is -2.73. The van der Waals surface area contributed by atoms with Crippen LogP contribution in [0.1, 0.15) is 25.3 Å². The predicted octanol–water partition coefficient (Wildman–Crippen LogP) is 3.10. The number of aliphatic hydroxyl groups excluding tert-OH is 1. The van der Waals surface area contributed by atoms with Crippen molar-refractivity contribution in [3.05, 3.63) is 70.5 Å². The first kappa shape index (κ1) is 18.1. The van der Waals surface area contributed by atoms with Gasteiger partial charge in [0.25, 0.3) is 5.56 Å². The second-order valence-electron chi connectivity index (χ2n) is 6.52. The van der Waals surface area contributed by atoms with Crippen LogP contribution in [0.15, 0.2) is 53.6 Å². The molecule has 0 bridgehead atoms. The number of nitrogens with zero attached hydrogens (tertiary/aromatic N) is 2. The molecule has 3 aromatic rings. The summed E-state index contributed by atoms with van der Waals surface area (Å²) in [5, 5.41) is 10.6. The molecule has 0 spiro atoms. The highest BCUT2D eigenvalue weighted by Gasteiger charge is 2.13. The van der Waals surface area contributed by atoms with Gasteiger partial charge in [-0.15, -0.1) is 0 Å². The standard InChI is InChI=1S/C20H21FN2O3/c1-13(2)16-5-3-4-6-19(16)26-11-15(24)10-23-12-22-18-9-14(21)7-8-17(18)20(23)25/h3-9,12-13,15,24H,10-11H2,1-2H3/t15-/m0/s1. The number of rotatable bonds is 6. The number of para-hydroxylation sites is 1. The Balaban J connectivity index is 1.72. The average molecular weight is 356 g/mol. The lowest BCUT2D eigenvalue weighted by molar-refractivity contribution is 0.0909. The zero-order chi connectivity index (χ0) is 18.7. The normalized spacial score (nSPS) is 12.5. The lowest BCUT2D eigenvalue weighted by Crippen LogP contribution is -2.30. The molecular formula is C20H21FN2O3. The van der Waals surface area contributed by atoms with Gasteiger partial charge in [-0.1, -0.05) is 32.0 Å². The summed E-state index contributed by atoms with van der Waals surface area (Å²) in [4.78, 5) is 16.5. The summed E-state index contributed by atoms with van der Waals surface area (Å²) >= 11 is 0. The molecule has 0 saturated carbocycles. The Morgan fingerprint density at radius 2 is 2.00 bits per heavy atom. The van der Waals surface area contributed by atoms with E-state index >= 15 is 0 Å². The lowest BCUT2D eigenvalue weighted by atomic mass is 10.0. The highest BCUT2D eigenvalue weighted by atomic mass is 19.1. The molecule has 0 fully saturated rings. The van der Waals surface area contributed by atoms with E-state index in [1.807, 2.05) is 24.3 Å². The molecule has 1 atom stereocenters. The minimum absolute atomic E-state index is 0.0446. The molecule has 0 aliphatic carbocycles. The fourth-order valence-electron chi connectivity index (χ4n) is 2.82. The molecule has 1 aromatic heterocycles. The Morgan fingerprint density at radius 3 is 2.77 bits per heavy atom. The summed E-state index contributed by atoms with van der Waals surface area (Å²) in [6.45, 7) is 4.24. The molecule has 0 amide bonds. The van der Waals surface area contributed by atoms with Crippen LogP contribution in [-0.4, -0.2) is 27.4 Å². The Labute approximate surface area is 150 Å². The molecule has 0 aliphatic heterocycles. The monoisotopic (exact) mass is 356 g/mol. The minimum Gasteiger partial charge on any atom is -0.491 e. The molecule has 3 rings (SSSR count). The van der Waals surface area contributed by atoms with E-state index in [2.05, 4.69) is 18.8 Å². The quantitative estimate of drug-likeness (QED) is 0.737. The van der Waals surface area contributed by atoms with Crippen LogP contribution in [0.2, 0.25) is 0 Å². The zero-order valence-corrected chi connectivity index (χ0v) is 14.7. The summed E-state index contributed by atoms with van der Waals surface area (Å²) in [5.74, 6) is 0.580. The summed E-state index contributed by atoms with van der Waals surface area (Å²) in [5.41, 5.74) is 1.03. The third kappa shape index (κ3) is 3.91. The molecule has 0 radical (unpaired) electrons. The summed E-state index contributed by atoms with van der Waals surface area (Å²) in [6, 6.07) is 11.5. The lowest BCUT2D eigenvalue weighted by Gasteiger charge is -2.17. The van der Waals surface area contributed by atoms with Gasteiger partial charge < -0.3 is 9.84 Å². The topological polar surface area (TPSA) is 64.3 Å². The number of aliphatic hydroxyl groups is 1. The first-order valence-corrected chi connectivity index (χ1v) is 8.50. The van der Waals surface area contributed by atoms with Gasteiger partial charge in [-0.2, -0.15) is 0 Å². The first-order valence-electron chi connectivity index (χ1n) is 8.50. The van der Waals surface area contributed by atoms with Crippen molar-refractivity contribution in [2.24, 2.45) is 0 Å². The van der Waals surface area contributed by atoms with Gasteiger partial charge in [0.2, 0.25) is 0 Å². The van der Waals surface area contributed by atoms with Crippen LogP contribution < -0.4 is 10.3 Å². The van der Waals surface area contributed by atoms with Gasteiger partial charge >= 0.3 is 0 Å². The molecule has 0 aliphatic rings. The molecule has 0 saturated heterocycles. The molecule has 136 valence electrons. The molecule has 5 nitrogen and oxygen atoms in total. The Kier molecular flexibility index (Phi) is 5.32. The second kappa shape index (κ2) is 7.66. The third-order valence-corrected chi connectivity index (χ3v) is 4.17. The van der Waals surface area contributed by atoms with E-state index in [9.17, 15) is 14.3 Å². The maximum Gasteiger partial charge on any atom is 0.261 e. The van der Waals surface area contributed by atoms with Crippen LogP contribution in [0.5, 0.6) is 5.75 Å². The average Bonchev–Trinajstić information content (AvgIpc) is 2.62. The van der Waals surface area contributed by atoms with E-state index < -0.39 is 11.9 Å². The van der Waals surface area contributed by atoms with Crippen LogP contribution >= 0.6 is 0 Å². The summed E-state index contributed by atoms with van der Waals surface area (Å²) in [6.07, 6.45) is 0.433. The minimum atomic E-state index is -0.882. The van der Waals surface area contributed by atoms with Crippen molar-refractivity contribution in [1.29, 1.82) is 0 Å². The van der Waals surface area contributed by atoms with Crippen LogP contribution in [0, 0.1) is 5.82 Å². The van der Waals surface area contributed by atoms with E-state index in [0.29, 0.717) is 16.8 Å². The van der Waals surface area contributed by atoms with Crippen LogP contribution in [0.3, 0.4) is 0 Å². The van der Waals surface area contributed by atoms with Gasteiger partial charge in [0, 0.05) is 6.07 Å². The van der Waals surface area contributed by atoms with Gasteiger partial charge in [-0.25, -0.2) is 9.37 Å². The van der Waals surface area contributed by atoms with Crippen molar-refractivity contribution < 1.29 is 14.2 Å². The van der Waals surface area contributed by atoms with Crippen LogP contribution in [-0.2, 0) is 6.54 Å². The van der Waals surface area contributed by atoms with E-state index in [-0.39, 0.29) is 18.7 Å². The van der Waals surface area contributed by atoms with Crippen molar-refractivity contribution >= 4 is 10.9 Å². The smallest absolute Gasteiger partial charge is 0.261 e. The number of fused-ring (bicyclic) bond motifs is 1. The second-order valence-corrected chi connectivity index (χ2v) is 6.52. The van der Waals surface area contributed by atoms with Gasteiger partial charge in [0.05, 0.1) is 23.8 Å². The Morgan fingerprint density at radius 1 is 1.23 bits per heavy atom. The third-order valence-electron chi connectivity index (χ3n) is 4.17. The molecule has 26 heavy (non-hydrogen) atoms. The molecule has 1 N–H and O–H groups in total. The maximum absolute atomic E-state index is 13.2. The zero-order valence-electron chi connectivity index (χ0n) is 14.7. The van der Waals surface area contributed by atoms with Crippen molar-refractivity contribution in [2.75, 3.05) is 6.61 Å². The SMILES string of the molecule is CC(C)c1ccccc1OC[C@@H](O)Cn1cnc2cc(F)ccc2c1=O. The van der Waals surface area contributed by atoms with E-state index in [0.717, 1.165) is 11.3 Å². The van der Waals surface area contributed by atoms with Crippen molar-refractivity contribution in [3.63, 3.8) is 0 Å². The molecule has 2 aromatic carbocycles. The number of benzene rings is 2. The van der Waals surface area contributed by atoms with Crippen LogP contribution in [0.25, 0.3) is 10.9 Å². The first-order chi connectivity index (χ1) is 12.5. The number of halogens is 1. The highest BCUT2D eigenvalue weighted by Crippen LogP contribution is 2.25. The van der Waals surface area contributed by atoms with E-state index in [4.69, 9.17) is 4.74 Å². The van der Waals surface area contributed by atoms with Crippen LogP contribution in [0.4, 0.5) is 4.39 Å². The largest absolute Gasteiger partial charge is 0.491 e. The molecule has 1 heterocycles. The van der Waals surface area contributed by atoms with Gasteiger partial charge in [0.15, 0.2) is 0 Å². The number of hydrogen-bond donors (Lipinski definition) is 1. The van der Waals surface area contributed by atoms with Gasteiger partial charge in [0.1, 0.15) is 24.3 Å². The maximum atomic E-state index is 13.2. The summed E-state index contributed by atoms with van der Waals surface area (Å²) in [7, 11) is 0.